The van der Waals surface area contributed by atoms with Gasteiger partial charge in [-0.05, 0) is 36.6 Å². The summed E-state index contributed by atoms with van der Waals surface area (Å²) in [4.78, 5) is 1.48. The zero-order valence-corrected chi connectivity index (χ0v) is 11.9. The van der Waals surface area contributed by atoms with Crippen LogP contribution < -0.4 is 10.2 Å². The third kappa shape index (κ3) is 3.51. The number of nitrogens with one attached hydrogen (secondary N) is 1. The van der Waals surface area contributed by atoms with Crippen molar-refractivity contribution in [3.63, 3.8) is 0 Å². The minimum Gasteiger partial charge on any atom is -0.365 e. The van der Waals surface area contributed by atoms with Gasteiger partial charge in [-0.1, -0.05) is 0 Å². The van der Waals surface area contributed by atoms with Gasteiger partial charge in [-0.15, -0.1) is 0 Å². The summed E-state index contributed by atoms with van der Waals surface area (Å²) in [5.41, 5.74) is 0.160. The summed E-state index contributed by atoms with van der Waals surface area (Å²) >= 11 is 0. The van der Waals surface area contributed by atoms with Crippen LogP contribution in [0.15, 0.2) is 18.2 Å². The molecular formula is C15H17F5N2. The Kier molecular flexibility index (Phi) is 3.79. The molecule has 1 heterocycles. The normalized spacial score (nSPS) is 21.4. The molecule has 2 aliphatic rings. The molecular weight excluding hydrogens is 303 g/mol. The summed E-state index contributed by atoms with van der Waals surface area (Å²) in [6, 6.07) is 3.68. The van der Waals surface area contributed by atoms with Crippen LogP contribution in [0.3, 0.4) is 0 Å². The van der Waals surface area contributed by atoms with Gasteiger partial charge >= 0.3 is 6.18 Å². The highest BCUT2D eigenvalue weighted by atomic mass is 19.4. The van der Waals surface area contributed by atoms with Crippen molar-refractivity contribution < 1.29 is 22.0 Å². The van der Waals surface area contributed by atoms with Crippen molar-refractivity contribution in [2.24, 2.45) is 0 Å². The Morgan fingerprint density at radius 1 is 1.23 bits per heavy atom. The first-order valence-electron chi connectivity index (χ1n) is 7.31. The van der Waals surface area contributed by atoms with E-state index in [-0.39, 0.29) is 19.5 Å². The molecule has 0 radical (unpaired) electrons. The zero-order chi connectivity index (χ0) is 16.0. The second kappa shape index (κ2) is 5.37. The number of anilines is 1. The molecule has 0 bridgehead atoms. The predicted octanol–water partition coefficient (Wildman–Crippen LogP) is 3.80. The first-order chi connectivity index (χ1) is 10.2. The SMILES string of the molecule is FC1(F)CCN(c2ccc(C(F)(F)F)cc2CNC2CC2)C1. The van der Waals surface area contributed by atoms with Gasteiger partial charge in [-0.25, -0.2) is 8.78 Å². The van der Waals surface area contributed by atoms with Gasteiger partial charge in [0.25, 0.3) is 5.92 Å². The Morgan fingerprint density at radius 3 is 2.50 bits per heavy atom. The van der Waals surface area contributed by atoms with E-state index in [4.69, 9.17) is 0 Å². The van der Waals surface area contributed by atoms with Crippen molar-refractivity contribution in [2.45, 2.75) is 43.9 Å². The van der Waals surface area contributed by atoms with E-state index in [9.17, 15) is 22.0 Å². The maximum absolute atomic E-state index is 13.4. The van der Waals surface area contributed by atoms with Gasteiger partial charge in [0.15, 0.2) is 0 Å². The van der Waals surface area contributed by atoms with Crippen LogP contribution in [-0.2, 0) is 12.7 Å². The number of alkyl halides is 5. The van der Waals surface area contributed by atoms with Crippen LogP contribution in [0.4, 0.5) is 27.6 Å². The van der Waals surface area contributed by atoms with Crippen LogP contribution in [0.2, 0.25) is 0 Å². The highest BCUT2D eigenvalue weighted by Crippen LogP contribution is 2.36. The largest absolute Gasteiger partial charge is 0.416 e. The maximum atomic E-state index is 13.4. The van der Waals surface area contributed by atoms with Gasteiger partial charge in [0.05, 0.1) is 12.1 Å². The Bertz CT molecular complexity index is 551. The quantitative estimate of drug-likeness (QED) is 0.849. The second-order valence-corrected chi connectivity index (χ2v) is 6.02. The van der Waals surface area contributed by atoms with Gasteiger partial charge < -0.3 is 10.2 Å². The average molecular weight is 320 g/mol. The molecule has 7 heteroatoms. The molecule has 22 heavy (non-hydrogen) atoms. The number of nitrogens with zero attached hydrogens (tertiary/aromatic N) is 1. The minimum absolute atomic E-state index is 0.162. The Morgan fingerprint density at radius 2 is 1.95 bits per heavy atom. The molecule has 1 aliphatic carbocycles. The third-order valence-electron chi connectivity index (χ3n) is 4.08. The fourth-order valence-electron chi connectivity index (χ4n) is 2.70. The molecule has 1 saturated carbocycles. The molecule has 0 atom stereocenters. The lowest BCUT2D eigenvalue weighted by molar-refractivity contribution is -0.137. The van der Waals surface area contributed by atoms with Gasteiger partial charge in [0.2, 0.25) is 0 Å². The smallest absolute Gasteiger partial charge is 0.365 e. The van der Waals surface area contributed by atoms with E-state index in [0.29, 0.717) is 17.3 Å². The fourth-order valence-corrected chi connectivity index (χ4v) is 2.70. The van der Waals surface area contributed by atoms with Crippen LogP contribution in [-0.4, -0.2) is 25.1 Å². The lowest BCUT2D eigenvalue weighted by atomic mass is 10.1. The molecule has 1 N–H and O–H groups in total. The molecule has 1 saturated heterocycles. The predicted molar refractivity (Wildman–Crippen MR) is 73.1 cm³/mol. The van der Waals surface area contributed by atoms with Crippen molar-refractivity contribution >= 4 is 5.69 Å². The standard InChI is InChI=1S/C15H17F5N2/c16-14(17)5-6-22(9-14)13-4-1-11(15(18,19)20)7-10(13)8-21-12-2-3-12/h1,4,7,12,21H,2-3,5-6,8-9H2. The van der Waals surface area contributed by atoms with Gasteiger partial charge in [-0.3, -0.25) is 0 Å². The Labute approximate surface area is 125 Å². The van der Waals surface area contributed by atoms with E-state index >= 15 is 0 Å². The van der Waals surface area contributed by atoms with E-state index in [2.05, 4.69) is 5.32 Å². The highest BCUT2D eigenvalue weighted by Gasteiger charge is 2.39. The van der Waals surface area contributed by atoms with Gasteiger partial charge in [0, 0.05) is 31.2 Å². The minimum atomic E-state index is -4.43. The van der Waals surface area contributed by atoms with Crippen LogP contribution >= 0.6 is 0 Å². The molecule has 2 fully saturated rings. The molecule has 0 aromatic heterocycles. The first-order valence-corrected chi connectivity index (χ1v) is 7.31. The molecule has 1 aromatic rings. The fraction of sp³-hybridized carbons (Fsp3) is 0.600. The average Bonchev–Trinajstić information content (AvgIpc) is 3.18. The molecule has 1 aliphatic heterocycles. The van der Waals surface area contributed by atoms with Crippen molar-refractivity contribution in [1.29, 1.82) is 0 Å². The van der Waals surface area contributed by atoms with E-state index in [1.54, 1.807) is 0 Å². The van der Waals surface area contributed by atoms with Crippen LogP contribution in [0.1, 0.15) is 30.4 Å². The van der Waals surface area contributed by atoms with Crippen molar-refractivity contribution in [3.05, 3.63) is 29.3 Å². The highest BCUT2D eigenvalue weighted by molar-refractivity contribution is 5.56. The lowest BCUT2D eigenvalue weighted by Gasteiger charge is -2.23. The number of hydrogen-bond donors (Lipinski definition) is 1. The summed E-state index contributed by atoms with van der Waals surface area (Å²) in [5, 5.41) is 3.15. The summed E-state index contributed by atoms with van der Waals surface area (Å²) in [7, 11) is 0. The molecule has 0 unspecified atom stereocenters. The van der Waals surface area contributed by atoms with E-state index < -0.39 is 24.2 Å². The van der Waals surface area contributed by atoms with Crippen LogP contribution in [0.25, 0.3) is 0 Å². The third-order valence-corrected chi connectivity index (χ3v) is 4.08. The number of benzene rings is 1. The Balaban J connectivity index is 1.86. The molecule has 122 valence electrons. The lowest BCUT2D eigenvalue weighted by Crippen LogP contribution is -2.27. The summed E-state index contributed by atoms with van der Waals surface area (Å²) in [5.74, 6) is -2.77. The number of halogens is 5. The van der Waals surface area contributed by atoms with Crippen molar-refractivity contribution in [2.75, 3.05) is 18.0 Å². The zero-order valence-electron chi connectivity index (χ0n) is 11.9. The number of hydrogen-bond acceptors (Lipinski definition) is 2. The second-order valence-electron chi connectivity index (χ2n) is 6.02. The van der Waals surface area contributed by atoms with E-state index in [1.165, 1.54) is 11.0 Å². The number of rotatable bonds is 4. The maximum Gasteiger partial charge on any atom is 0.416 e. The van der Waals surface area contributed by atoms with Gasteiger partial charge in [0.1, 0.15) is 0 Å². The topological polar surface area (TPSA) is 15.3 Å². The monoisotopic (exact) mass is 320 g/mol. The van der Waals surface area contributed by atoms with Gasteiger partial charge in [-0.2, -0.15) is 13.2 Å². The van der Waals surface area contributed by atoms with E-state index in [1.807, 2.05) is 0 Å². The van der Waals surface area contributed by atoms with E-state index in [0.717, 1.165) is 25.0 Å². The molecule has 3 rings (SSSR count). The van der Waals surface area contributed by atoms with Crippen LogP contribution in [0, 0.1) is 0 Å². The Hall–Kier alpha value is -1.37. The summed E-state index contributed by atoms with van der Waals surface area (Å²) < 4.78 is 65.3. The molecule has 0 spiro atoms. The molecule has 1 aromatic carbocycles. The van der Waals surface area contributed by atoms with Crippen LogP contribution in [0.5, 0.6) is 0 Å². The van der Waals surface area contributed by atoms with Crippen molar-refractivity contribution in [3.8, 4) is 0 Å². The summed E-state index contributed by atoms with van der Waals surface area (Å²) in [6.45, 7) is -0.00439. The molecule has 0 amide bonds. The molecule has 2 nitrogen and oxygen atoms in total. The first kappa shape index (κ1) is 15.5. The van der Waals surface area contributed by atoms with Crippen molar-refractivity contribution in [1.82, 2.24) is 5.32 Å². The summed E-state index contributed by atoms with van der Waals surface area (Å²) in [6.07, 6.45) is -2.67.